The summed E-state index contributed by atoms with van der Waals surface area (Å²) in [5, 5.41) is 0. The van der Waals surface area contributed by atoms with Crippen LogP contribution in [0.2, 0.25) is 0 Å². The van der Waals surface area contributed by atoms with E-state index in [0.717, 1.165) is 12.8 Å². The monoisotopic (exact) mass is 434 g/mol. The van der Waals surface area contributed by atoms with Crippen LogP contribution in [0.3, 0.4) is 0 Å². The molecule has 0 heterocycles. The highest BCUT2D eigenvalue weighted by atomic mass is 14.1. The molecule has 0 N–H and O–H groups in total. The van der Waals surface area contributed by atoms with E-state index in [-0.39, 0.29) is 0 Å². The molecule has 4 rings (SSSR count). The van der Waals surface area contributed by atoms with Gasteiger partial charge in [0.2, 0.25) is 0 Å². The van der Waals surface area contributed by atoms with Crippen LogP contribution in [0.5, 0.6) is 0 Å². The molecule has 0 bridgehead atoms. The third-order valence-corrected chi connectivity index (χ3v) is 6.34. The maximum atomic E-state index is 2.29. The van der Waals surface area contributed by atoms with E-state index in [1.165, 1.54) is 50.9 Å². The van der Waals surface area contributed by atoms with Crippen LogP contribution >= 0.6 is 0 Å². The van der Waals surface area contributed by atoms with Crippen LogP contribution in [0.4, 0.5) is 0 Å². The van der Waals surface area contributed by atoms with Crippen molar-refractivity contribution in [2.24, 2.45) is 0 Å². The Labute approximate surface area is 201 Å². The average Bonchev–Trinajstić information content (AvgIpc) is 2.88. The van der Waals surface area contributed by atoms with Crippen molar-refractivity contribution in [3.63, 3.8) is 0 Å². The van der Waals surface area contributed by atoms with E-state index < -0.39 is 0 Å². The van der Waals surface area contributed by atoms with Crippen molar-refractivity contribution in [1.29, 1.82) is 0 Å². The fraction of sp³-hybridized carbons (Fsp3) is 0.273. The van der Waals surface area contributed by atoms with Gasteiger partial charge in [-0.2, -0.15) is 0 Å². The molecule has 0 amide bonds. The van der Waals surface area contributed by atoms with E-state index in [0.29, 0.717) is 5.92 Å². The number of benzene rings is 4. The second kappa shape index (κ2) is 12.2. The first kappa shape index (κ1) is 24.5. The Morgan fingerprint density at radius 2 is 0.848 bits per heavy atom. The fourth-order valence-electron chi connectivity index (χ4n) is 4.01. The lowest BCUT2D eigenvalue weighted by atomic mass is 9.95. The summed E-state index contributed by atoms with van der Waals surface area (Å²) < 4.78 is 0. The van der Waals surface area contributed by atoms with Crippen LogP contribution in [-0.4, -0.2) is 0 Å². The van der Waals surface area contributed by atoms with Crippen LogP contribution in [-0.2, 0) is 12.8 Å². The molecule has 4 aromatic rings. The molecule has 170 valence electrons. The summed E-state index contributed by atoms with van der Waals surface area (Å²) in [6.45, 7) is 10.7. The van der Waals surface area contributed by atoms with Gasteiger partial charge in [-0.1, -0.05) is 130 Å². The highest BCUT2D eigenvalue weighted by Crippen LogP contribution is 2.23. The van der Waals surface area contributed by atoms with Gasteiger partial charge in [-0.25, -0.2) is 0 Å². The van der Waals surface area contributed by atoms with Gasteiger partial charge < -0.3 is 0 Å². The first-order valence-corrected chi connectivity index (χ1v) is 12.4. The Kier molecular flexibility index (Phi) is 9.07. The van der Waals surface area contributed by atoms with Crippen molar-refractivity contribution < 1.29 is 0 Å². The molecular formula is C33H38. The molecule has 1 atom stereocenters. The number of hydrogen-bond donors (Lipinski definition) is 0. The molecule has 33 heavy (non-hydrogen) atoms. The largest absolute Gasteiger partial charge is 0.0683 e. The van der Waals surface area contributed by atoms with Crippen LogP contribution in [0, 0.1) is 6.92 Å². The Bertz CT molecular complexity index is 1080. The number of aryl methyl sites for hydroxylation is 1. The summed E-state index contributed by atoms with van der Waals surface area (Å²) in [5.41, 5.74) is 10.7. The summed E-state index contributed by atoms with van der Waals surface area (Å²) >= 11 is 0. The van der Waals surface area contributed by atoms with E-state index in [4.69, 9.17) is 0 Å². The van der Waals surface area contributed by atoms with Gasteiger partial charge in [0.1, 0.15) is 0 Å². The van der Waals surface area contributed by atoms with Crippen LogP contribution in [0.1, 0.15) is 73.4 Å². The first-order chi connectivity index (χ1) is 16.1. The SMILES string of the molecule is CC.CCC(C)c1ccc(Cc2ccc(-c3ccc(Cc4ccc(C)cc4)cc3)cc2)cc1. The molecule has 0 aliphatic rings. The zero-order valence-electron chi connectivity index (χ0n) is 20.9. The Morgan fingerprint density at radius 1 is 0.515 bits per heavy atom. The lowest BCUT2D eigenvalue weighted by Gasteiger charge is -2.10. The minimum absolute atomic E-state index is 0.636. The Hall–Kier alpha value is -3.12. The van der Waals surface area contributed by atoms with Crippen molar-refractivity contribution in [1.82, 2.24) is 0 Å². The smallest absolute Gasteiger partial charge is 0.00258 e. The third-order valence-electron chi connectivity index (χ3n) is 6.34. The first-order valence-electron chi connectivity index (χ1n) is 12.4. The molecular weight excluding hydrogens is 396 g/mol. The molecule has 0 radical (unpaired) electrons. The van der Waals surface area contributed by atoms with Crippen LogP contribution in [0.15, 0.2) is 97.1 Å². The normalized spacial score (nSPS) is 11.4. The molecule has 0 heteroatoms. The van der Waals surface area contributed by atoms with Gasteiger partial charge in [0.15, 0.2) is 0 Å². The molecule has 0 aliphatic heterocycles. The van der Waals surface area contributed by atoms with Crippen LogP contribution in [0.25, 0.3) is 11.1 Å². The molecule has 0 spiro atoms. The zero-order chi connectivity index (χ0) is 23.6. The summed E-state index contributed by atoms with van der Waals surface area (Å²) in [5.74, 6) is 0.636. The molecule has 1 unspecified atom stereocenters. The summed E-state index contributed by atoms with van der Waals surface area (Å²) in [7, 11) is 0. The van der Waals surface area contributed by atoms with Crippen molar-refractivity contribution in [2.45, 2.75) is 59.8 Å². The molecule has 0 aromatic heterocycles. The Morgan fingerprint density at radius 3 is 1.21 bits per heavy atom. The van der Waals surface area contributed by atoms with Crippen molar-refractivity contribution >= 4 is 0 Å². The number of rotatable bonds is 7. The maximum Gasteiger partial charge on any atom is -0.00258 e. The summed E-state index contributed by atoms with van der Waals surface area (Å²) in [6, 6.07) is 36.0. The predicted molar refractivity (Wildman–Crippen MR) is 145 cm³/mol. The van der Waals surface area contributed by atoms with E-state index in [1.54, 1.807) is 0 Å². The minimum Gasteiger partial charge on any atom is -0.0683 e. The molecule has 4 aromatic carbocycles. The van der Waals surface area contributed by atoms with Crippen molar-refractivity contribution in [3.8, 4) is 11.1 Å². The van der Waals surface area contributed by atoms with Crippen molar-refractivity contribution in [2.75, 3.05) is 0 Å². The van der Waals surface area contributed by atoms with Gasteiger partial charge in [-0.05, 0) is 71.0 Å². The topological polar surface area (TPSA) is 0 Å². The van der Waals surface area contributed by atoms with Gasteiger partial charge in [-0.3, -0.25) is 0 Å². The van der Waals surface area contributed by atoms with Crippen LogP contribution < -0.4 is 0 Å². The molecule has 0 aliphatic carbocycles. The lowest BCUT2D eigenvalue weighted by molar-refractivity contribution is 0.733. The van der Waals surface area contributed by atoms with E-state index >= 15 is 0 Å². The maximum absolute atomic E-state index is 2.29. The van der Waals surface area contributed by atoms with Gasteiger partial charge in [0.05, 0.1) is 0 Å². The summed E-state index contributed by atoms with van der Waals surface area (Å²) in [6.07, 6.45) is 3.15. The highest BCUT2D eigenvalue weighted by molar-refractivity contribution is 5.64. The molecule has 0 nitrogen and oxygen atoms in total. The standard InChI is InChI=1S/C31H32.C2H6/c1-4-24(3)29-15-9-26(10-16-29)22-28-13-19-31(20-14-28)30-17-11-27(12-18-30)21-25-7-5-23(2)6-8-25;1-2/h5-20,24H,4,21-22H2,1-3H3;1-2H3. The zero-order valence-corrected chi connectivity index (χ0v) is 20.9. The predicted octanol–water partition coefficient (Wildman–Crippen LogP) is 9.38. The van der Waals surface area contributed by atoms with Gasteiger partial charge in [0.25, 0.3) is 0 Å². The second-order valence-electron chi connectivity index (χ2n) is 8.78. The number of hydrogen-bond acceptors (Lipinski definition) is 0. The molecule has 0 fully saturated rings. The molecule has 0 saturated carbocycles. The van der Waals surface area contributed by atoms with E-state index in [9.17, 15) is 0 Å². The highest BCUT2D eigenvalue weighted by Gasteiger charge is 2.04. The summed E-state index contributed by atoms with van der Waals surface area (Å²) in [4.78, 5) is 0. The van der Waals surface area contributed by atoms with Gasteiger partial charge in [-0.15, -0.1) is 0 Å². The third kappa shape index (κ3) is 6.93. The van der Waals surface area contributed by atoms with E-state index in [2.05, 4.69) is 118 Å². The average molecular weight is 435 g/mol. The van der Waals surface area contributed by atoms with Gasteiger partial charge >= 0.3 is 0 Å². The lowest BCUT2D eigenvalue weighted by Crippen LogP contribution is -1.93. The van der Waals surface area contributed by atoms with Crippen molar-refractivity contribution in [3.05, 3.63) is 130 Å². The minimum atomic E-state index is 0.636. The Balaban J connectivity index is 0.00000149. The fourth-order valence-corrected chi connectivity index (χ4v) is 4.01. The molecule has 0 saturated heterocycles. The second-order valence-corrected chi connectivity index (χ2v) is 8.78. The quantitative estimate of drug-likeness (QED) is 0.272. The van der Waals surface area contributed by atoms with E-state index in [1.807, 2.05) is 13.8 Å². The van der Waals surface area contributed by atoms with Gasteiger partial charge in [0, 0.05) is 0 Å².